The first kappa shape index (κ1) is 23.7. The summed E-state index contributed by atoms with van der Waals surface area (Å²) in [5.41, 5.74) is 1.56. The number of nitrogens with one attached hydrogen (secondary N) is 1. The summed E-state index contributed by atoms with van der Waals surface area (Å²) in [7, 11) is 1.89. The molecular weight excluding hydrogens is 479 g/mol. The Morgan fingerprint density at radius 2 is 1.84 bits per heavy atom. The third kappa shape index (κ3) is 7.04. The lowest BCUT2D eigenvalue weighted by Gasteiger charge is -2.09. The van der Waals surface area contributed by atoms with Gasteiger partial charge in [-0.3, -0.25) is 4.79 Å². The minimum Gasteiger partial charge on any atom is -0.493 e. The molecule has 164 valence electrons. The largest absolute Gasteiger partial charge is 0.493 e. The van der Waals surface area contributed by atoms with E-state index in [0.717, 1.165) is 23.6 Å². The number of carbonyl (C=O) groups is 1. The van der Waals surface area contributed by atoms with Crippen molar-refractivity contribution in [1.29, 1.82) is 0 Å². The van der Waals surface area contributed by atoms with E-state index in [0.29, 0.717) is 38.9 Å². The summed E-state index contributed by atoms with van der Waals surface area (Å²) in [5, 5.41) is 13.5. The zero-order chi connectivity index (χ0) is 22.4. The third-order valence-electron chi connectivity index (χ3n) is 4.34. The minimum absolute atomic E-state index is 0.181. The fraction of sp³-hybridized carbons (Fsp3) is 0.286. The number of hydrogen-bond donors (Lipinski definition) is 1. The number of amides is 1. The van der Waals surface area contributed by atoms with E-state index in [4.69, 9.17) is 39.5 Å². The Kier molecular flexibility index (Phi) is 8.49. The predicted octanol–water partition coefficient (Wildman–Crippen LogP) is 5.83. The lowest BCUT2D eigenvalue weighted by molar-refractivity contribution is -0.113. The minimum atomic E-state index is -0.181. The molecule has 3 rings (SSSR count). The average Bonchev–Trinajstić information content (AvgIpc) is 3.04. The maximum Gasteiger partial charge on any atom is 0.234 e. The van der Waals surface area contributed by atoms with Crippen LogP contribution in [-0.2, 0) is 18.3 Å². The van der Waals surface area contributed by atoms with E-state index < -0.39 is 0 Å². The summed E-state index contributed by atoms with van der Waals surface area (Å²) < 4.78 is 7.71. The summed E-state index contributed by atoms with van der Waals surface area (Å²) in [4.78, 5) is 12.2. The molecule has 1 N–H and O–H groups in total. The van der Waals surface area contributed by atoms with E-state index in [-0.39, 0.29) is 11.7 Å². The van der Waals surface area contributed by atoms with Crippen LogP contribution in [0.25, 0.3) is 0 Å². The van der Waals surface area contributed by atoms with Gasteiger partial charge in [-0.2, -0.15) is 0 Å². The number of rotatable bonds is 9. The van der Waals surface area contributed by atoms with Crippen LogP contribution in [0.15, 0.2) is 41.6 Å². The molecule has 10 heteroatoms. The molecule has 0 spiro atoms. The van der Waals surface area contributed by atoms with Crippen molar-refractivity contribution >= 4 is 58.2 Å². The number of halogens is 3. The van der Waals surface area contributed by atoms with Crippen LogP contribution in [-0.4, -0.2) is 33.0 Å². The highest BCUT2D eigenvalue weighted by atomic mass is 35.5. The number of hydrogen-bond acceptors (Lipinski definition) is 5. The second-order valence-corrected chi connectivity index (χ2v) is 9.07. The number of ether oxygens (including phenoxy) is 1. The molecular formula is C21H21Cl3N4O2S. The van der Waals surface area contributed by atoms with Gasteiger partial charge in [-0.25, -0.2) is 0 Å². The van der Waals surface area contributed by atoms with E-state index in [1.54, 1.807) is 18.2 Å². The molecule has 1 amide bonds. The molecule has 0 unspecified atom stereocenters. The van der Waals surface area contributed by atoms with Gasteiger partial charge in [0, 0.05) is 34.2 Å². The topological polar surface area (TPSA) is 69.0 Å². The molecule has 1 aromatic heterocycles. The molecule has 0 fully saturated rings. The van der Waals surface area contributed by atoms with E-state index in [9.17, 15) is 4.79 Å². The standard InChI is InChI=1S/C21H21Cl3N4O2S/c1-13-8-14(22)5-6-18(13)30-7-3-4-19-26-27-21(28(19)2)31-12-20(29)25-17-10-15(23)9-16(24)11-17/h5-6,8-11H,3-4,7,12H2,1-2H3,(H,25,29). The maximum atomic E-state index is 12.2. The zero-order valence-corrected chi connectivity index (χ0v) is 20.1. The molecule has 0 aliphatic carbocycles. The Morgan fingerprint density at radius 3 is 2.55 bits per heavy atom. The smallest absolute Gasteiger partial charge is 0.234 e. The van der Waals surface area contributed by atoms with Gasteiger partial charge in [0.15, 0.2) is 5.16 Å². The molecule has 0 aliphatic rings. The highest BCUT2D eigenvalue weighted by Gasteiger charge is 2.12. The van der Waals surface area contributed by atoms with Gasteiger partial charge in [0.25, 0.3) is 0 Å². The van der Waals surface area contributed by atoms with Crippen molar-refractivity contribution in [2.24, 2.45) is 7.05 Å². The van der Waals surface area contributed by atoms with E-state index >= 15 is 0 Å². The molecule has 3 aromatic rings. The van der Waals surface area contributed by atoms with E-state index in [2.05, 4.69) is 15.5 Å². The fourth-order valence-electron chi connectivity index (χ4n) is 2.83. The van der Waals surface area contributed by atoms with Gasteiger partial charge in [0.2, 0.25) is 5.91 Å². The van der Waals surface area contributed by atoms with Crippen LogP contribution < -0.4 is 10.1 Å². The van der Waals surface area contributed by atoms with Crippen LogP contribution in [0.1, 0.15) is 17.8 Å². The first-order valence-corrected chi connectivity index (χ1v) is 11.6. The number of carbonyl (C=O) groups excluding carboxylic acids is 1. The van der Waals surface area contributed by atoms with E-state index in [1.165, 1.54) is 11.8 Å². The van der Waals surface area contributed by atoms with Crippen molar-refractivity contribution in [3.05, 3.63) is 62.9 Å². The third-order valence-corrected chi connectivity index (χ3v) is 6.03. The average molecular weight is 500 g/mol. The number of benzene rings is 2. The molecule has 0 radical (unpaired) electrons. The zero-order valence-electron chi connectivity index (χ0n) is 17.0. The Labute approximate surface area is 200 Å². The van der Waals surface area contributed by atoms with Crippen LogP contribution in [0, 0.1) is 6.92 Å². The molecule has 0 saturated heterocycles. The van der Waals surface area contributed by atoms with Crippen molar-refractivity contribution in [3.8, 4) is 5.75 Å². The lowest BCUT2D eigenvalue weighted by Crippen LogP contribution is -2.14. The van der Waals surface area contributed by atoms with Crippen molar-refractivity contribution in [1.82, 2.24) is 14.8 Å². The predicted molar refractivity (Wildman–Crippen MR) is 127 cm³/mol. The van der Waals surface area contributed by atoms with Crippen molar-refractivity contribution in [2.75, 3.05) is 17.7 Å². The Hall–Kier alpha value is -1.93. The van der Waals surface area contributed by atoms with Gasteiger partial charge in [-0.05, 0) is 55.3 Å². The first-order valence-electron chi connectivity index (χ1n) is 9.48. The van der Waals surface area contributed by atoms with Gasteiger partial charge in [-0.1, -0.05) is 46.6 Å². The van der Waals surface area contributed by atoms with Crippen molar-refractivity contribution in [2.45, 2.75) is 24.9 Å². The van der Waals surface area contributed by atoms with E-state index in [1.807, 2.05) is 36.7 Å². The molecule has 0 saturated carbocycles. The Balaban J connectivity index is 1.45. The van der Waals surface area contributed by atoms with Crippen LogP contribution in [0.2, 0.25) is 15.1 Å². The molecule has 1 heterocycles. The number of anilines is 1. The fourth-order valence-corrected chi connectivity index (χ4v) is 4.31. The summed E-state index contributed by atoms with van der Waals surface area (Å²) in [6.07, 6.45) is 1.50. The summed E-state index contributed by atoms with van der Waals surface area (Å²) >= 11 is 19.2. The van der Waals surface area contributed by atoms with Gasteiger partial charge in [0.05, 0.1) is 12.4 Å². The Morgan fingerprint density at radius 1 is 1.10 bits per heavy atom. The van der Waals surface area contributed by atoms with Gasteiger partial charge < -0.3 is 14.6 Å². The lowest BCUT2D eigenvalue weighted by atomic mass is 10.2. The summed E-state index contributed by atoms with van der Waals surface area (Å²) in [5.74, 6) is 1.67. The highest BCUT2D eigenvalue weighted by molar-refractivity contribution is 7.99. The van der Waals surface area contributed by atoms with Gasteiger partial charge in [0.1, 0.15) is 11.6 Å². The van der Waals surface area contributed by atoms with Crippen molar-refractivity contribution < 1.29 is 9.53 Å². The number of aromatic nitrogens is 3. The monoisotopic (exact) mass is 498 g/mol. The van der Waals surface area contributed by atoms with Crippen molar-refractivity contribution in [3.63, 3.8) is 0 Å². The summed E-state index contributed by atoms with van der Waals surface area (Å²) in [6.45, 7) is 2.52. The SMILES string of the molecule is Cc1cc(Cl)ccc1OCCCc1nnc(SCC(=O)Nc2cc(Cl)cc(Cl)c2)n1C. The second-order valence-electron chi connectivity index (χ2n) is 6.81. The van der Waals surface area contributed by atoms with Crippen LogP contribution in [0.3, 0.4) is 0 Å². The first-order chi connectivity index (χ1) is 14.8. The molecule has 0 aliphatic heterocycles. The number of aryl methyl sites for hydroxylation is 2. The number of nitrogens with zero attached hydrogens (tertiary/aromatic N) is 3. The normalized spacial score (nSPS) is 10.9. The second kappa shape index (κ2) is 11.1. The molecule has 0 atom stereocenters. The van der Waals surface area contributed by atoms with Crippen LogP contribution >= 0.6 is 46.6 Å². The van der Waals surface area contributed by atoms with Gasteiger partial charge >= 0.3 is 0 Å². The number of thioether (sulfide) groups is 1. The molecule has 31 heavy (non-hydrogen) atoms. The molecule has 2 aromatic carbocycles. The molecule has 0 bridgehead atoms. The Bertz CT molecular complexity index is 1050. The van der Waals surface area contributed by atoms with Crippen LogP contribution in [0.4, 0.5) is 5.69 Å². The molecule has 6 nitrogen and oxygen atoms in total. The maximum absolute atomic E-state index is 12.2. The van der Waals surface area contributed by atoms with Crippen LogP contribution in [0.5, 0.6) is 5.75 Å². The summed E-state index contributed by atoms with van der Waals surface area (Å²) in [6, 6.07) is 10.5. The quantitative estimate of drug-likeness (QED) is 0.296. The highest BCUT2D eigenvalue weighted by Crippen LogP contribution is 2.24. The van der Waals surface area contributed by atoms with Gasteiger partial charge in [-0.15, -0.1) is 10.2 Å².